The van der Waals surface area contributed by atoms with E-state index in [4.69, 9.17) is 5.11 Å². The van der Waals surface area contributed by atoms with Gasteiger partial charge in [0.2, 0.25) is 0 Å². The summed E-state index contributed by atoms with van der Waals surface area (Å²) in [5.41, 5.74) is 2.20. The maximum Gasteiger partial charge on any atom is 0.307 e. The molecule has 0 aliphatic carbocycles. The molecule has 0 radical (unpaired) electrons. The van der Waals surface area contributed by atoms with E-state index in [1.165, 1.54) is 5.56 Å². The van der Waals surface area contributed by atoms with Gasteiger partial charge in [-0.15, -0.1) is 0 Å². The molecular formula is C17H22N2O2. The van der Waals surface area contributed by atoms with Crippen LogP contribution in [0.15, 0.2) is 24.3 Å². The zero-order valence-electron chi connectivity index (χ0n) is 12.6. The molecule has 1 aromatic carbocycles. The van der Waals surface area contributed by atoms with Crippen LogP contribution in [0.3, 0.4) is 0 Å². The summed E-state index contributed by atoms with van der Waals surface area (Å²) in [7, 11) is 0. The summed E-state index contributed by atoms with van der Waals surface area (Å²) < 4.78 is 0. The topological polar surface area (TPSA) is 64.3 Å². The SMILES string of the molecule is CC(C)c1ccc(C(C#N)N2CCCC(C(=O)O)C2)cc1. The first-order chi connectivity index (χ1) is 10.0. The van der Waals surface area contributed by atoms with E-state index in [1.807, 2.05) is 17.0 Å². The first kappa shape index (κ1) is 15.5. The average molecular weight is 286 g/mol. The van der Waals surface area contributed by atoms with Crippen molar-refractivity contribution in [2.75, 3.05) is 13.1 Å². The second-order valence-corrected chi connectivity index (χ2v) is 6.03. The lowest BCUT2D eigenvalue weighted by Gasteiger charge is -2.34. The van der Waals surface area contributed by atoms with Gasteiger partial charge in [-0.05, 0) is 36.4 Å². The minimum Gasteiger partial charge on any atom is -0.481 e. The van der Waals surface area contributed by atoms with Crippen molar-refractivity contribution in [1.29, 1.82) is 5.26 Å². The number of hydrogen-bond donors (Lipinski definition) is 1. The Bertz CT molecular complexity index is 531. The summed E-state index contributed by atoms with van der Waals surface area (Å²) in [6.45, 7) is 5.52. The zero-order valence-corrected chi connectivity index (χ0v) is 12.6. The van der Waals surface area contributed by atoms with Gasteiger partial charge in [-0.25, -0.2) is 0 Å². The van der Waals surface area contributed by atoms with Crippen molar-refractivity contribution < 1.29 is 9.90 Å². The lowest BCUT2D eigenvalue weighted by atomic mass is 9.94. The van der Waals surface area contributed by atoms with Crippen LogP contribution in [0.2, 0.25) is 0 Å². The molecule has 4 heteroatoms. The normalized spacial score (nSPS) is 21.0. The number of aliphatic carboxylic acids is 1. The Morgan fingerprint density at radius 3 is 2.48 bits per heavy atom. The molecule has 0 spiro atoms. The Morgan fingerprint density at radius 1 is 1.33 bits per heavy atom. The summed E-state index contributed by atoms with van der Waals surface area (Å²) in [6.07, 6.45) is 1.54. The number of nitrogens with zero attached hydrogens (tertiary/aromatic N) is 2. The van der Waals surface area contributed by atoms with E-state index in [0.717, 1.165) is 18.5 Å². The molecule has 0 saturated carbocycles. The lowest BCUT2D eigenvalue weighted by Crippen LogP contribution is -2.40. The maximum absolute atomic E-state index is 11.2. The standard InChI is InChI=1S/C17H22N2O2/c1-12(2)13-5-7-14(8-6-13)16(10-18)19-9-3-4-15(11-19)17(20)21/h5-8,12,15-16H,3-4,9,11H2,1-2H3,(H,20,21). The van der Waals surface area contributed by atoms with E-state index in [-0.39, 0.29) is 12.0 Å². The van der Waals surface area contributed by atoms with Gasteiger partial charge in [0.1, 0.15) is 6.04 Å². The summed E-state index contributed by atoms with van der Waals surface area (Å²) in [5.74, 6) is -0.651. The van der Waals surface area contributed by atoms with Gasteiger partial charge in [-0.1, -0.05) is 38.1 Å². The molecular weight excluding hydrogens is 264 g/mol. The smallest absolute Gasteiger partial charge is 0.307 e. The largest absolute Gasteiger partial charge is 0.481 e. The van der Waals surface area contributed by atoms with Gasteiger partial charge in [0.15, 0.2) is 0 Å². The molecule has 21 heavy (non-hydrogen) atoms. The Hall–Kier alpha value is -1.86. The highest BCUT2D eigenvalue weighted by atomic mass is 16.4. The van der Waals surface area contributed by atoms with E-state index >= 15 is 0 Å². The van der Waals surface area contributed by atoms with E-state index in [0.29, 0.717) is 18.9 Å². The molecule has 1 N–H and O–H groups in total. The Balaban J connectivity index is 2.15. The van der Waals surface area contributed by atoms with Gasteiger partial charge < -0.3 is 5.11 Å². The minimum atomic E-state index is -0.758. The summed E-state index contributed by atoms with van der Waals surface area (Å²) in [5, 5.41) is 18.7. The number of benzene rings is 1. The molecule has 0 aromatic heterocycles. The fraction of sp³-hybridized carbons (Fsp3) is 0.529. The van der Waals surface area contributed by atoms with Crippen molar-refractivity contribution in [3.05, 3.63) is 35.4 Å². The number of likely N-dealkylation sites (tertiary alicyclic amines) is 1. The lowest BCUT2D eigenvalue weighted by molar-refractivity contribution is -0.143. The molecule has 1 saturated heterocycles. The monoisotopic (exact) mass is 286 g/mol. The number of hydrogen-bond acceptors (Lipinski definition) is 3. The molecule has 1 aromatic rings. The van der Waals surface area contributed by atoms with E-state index < -0.39 is 5.97 Å². The van der Waals surface area contributed by atoms with Crippen LogP contribution in [0.4, 0.5) is 0 Å². The predicted molar refractivity (Wildman–Crippen MR) is 80.8 cm³/mol. The van der Waals surface area contributed by atoms with Crippen molar-refractivity contribution in [2.45, 2.75) is 38.6 Å². The van der Waals surface area contributed by atoms with Gasteiger partial charge in [-0.2, -0.15) is 5.26 Å². The highest BCUT2D eigenvalue weighted by Gasteiger charge is 2.30. The fourth-order valence-corrected chi connectivity index (χ4v) is 2.87. The summed E-state index contributed by atoms with van der Waals surface area (Å²) in [4.78, 5) is 13.2. The highest BCUT2D eigenvalue weighted by molar-refractivity contribution is 5.70. The zero-order chi connectivity index (χ0) is 15.4. The van der Waals surface area contributed by atoms with Crippen molar-refractivity contribution in [2.24, 2.45) is 5.92 Å². The van der Waals surface area contributed by atoms with Gasteiger partial charge >= 0.3 is 5.97 Å². The molecule has 2 unspecified atom stereocenters. The van der Waals surface area contributed by atoms with Crippen molar-refractivity contribution >= 4 is 5.97 Å². The Labute approximate surface area is 126 Å². The van der Waals surface area contributed by atoms with Gasteiger partial charge in [-0.3, -0.25) is 9.69 Å². The van der Waals surface area contributed by atoms with Crippen molar-refractivity contribution in [3.8, 4) is 6.07 Å². The van der Waals surface area contributed by atoms with Gasteiger partial charge in [0.05, 0.1) is 12.0 Å². The summed E-state index contributed by atoms with van der Waals surface area (Å²) in [6, 6.07) is 10.1. The van der Waals surface area contributed by atoms with Crippen LogP contribution in [0.1, 0.15) is 49.8 Å². The molecule has 1 aliphatic heterocycles. The number of piperidine rings is 1. The molecule has 0 amide bonds. The van der Waals surface area contributed by atoms with E-state index in [9.17, 15) is 10.1 Å². The van der Waals surface area contributed by atoms with Crippen molar-refractivity contribution in [1.82, 2.24) is 4.90 Å². The number of carbonyl (C=O) groups is 1. The molecule has 1 heterocycles. The highest BCUT2D eigenvalue weighted by Crippen LogP contribution is 2.27. The number of nitriles is 1. The molecule has 1 fully saturated rings. The van der Waals surface area contributed by atoms with E-state index in [1.54, 1.807) is 0 Å². The second-order valence-electron chi connectivity index (χ2n) is 6.03. The van der Waals surface area contributed by atoms with E-state index in [2.05, 4.69) is 32.0 Å². The summed E-state index contributed by atoms with van der Waals surface area (Å²) >= 11 is 0. The third kappa shape index (κ3) is 3.62. The maximum atomic E-state index is 11.2. The van der Waals surface area contributed by atoms with Crippen LogP contribution in [0, 0.1) is 17.2 Å². The number of rotatable bonds is 4. The van der Waals surface area contributed by atoms with Crippen molar-refractivity contribution in [3.63, 3.8) is 0 Å². The molecule has 112 valence electrons. The predicted octanol–water partition coefficient (Wildman–Crippen LogP) is 3.17. The Morgan fingerprint density at radius 2 is 1.95 bits per heavy atom. The first-order valence-electron chi connectivity index (χ1n) is 7.49. The molecule has 0 bridgehead atoms. The third-order valence-corrected chi connectivity index (χ3v) is 4.21. The van der Waals surface area contributed by atoms with Gasteiger partial charge in [0, 0.05) is 6.54 Å². The fourth-order valence-electron chi connectivity index (χ4n) is 2.87. The minimum absolute atomic E-state index is 0.353. The number of carboxylic acid groups (broad SMARTS) is 1. The molecule has 2 atom stereocenters. The average Bonchev–Trinajstić information content (AvgIpc) is 2.49. The molecule has 4 nitrogen and oxygen atoms in total. The first-order valence-corrected chi connectivity index (χ1v) is 7.49. The second kappa shape index (κ2) is 6.73. The van der Waals surface area contributed by atoms with Crippen LogP contribution in [0.5, 0.6) is 0 Å². The van der Waals surface area contributed by atoms with Crippen LogP contribution in [-0.4, -0.2) is 29.1 Å². The van der Waals surface area contributed by atoms with Crippen LogP contribution < -0.4 is 0 Å². The Kier molecular flexibility index (Phi) is 4.98. The third-order valence-electron chi connectivity index (χ3n) is 4.21. The molecule has 1 aliphatic rings. The van der Waals surface area contributed by atoms with Crippen LogP contribution in [0.25, 0.3) is 0 Å². The van der Waals surface area contributed by atoms with Crippen LogP contribution in [-0.2, 0) is 4.79 Å². The molecule has 2 rings (SSSR count). The number of carboxylic acids is 1. The quantitative estimate of drug-likeness (QED) is 0.923. The van der Waals surface area contributed by atoms with Crippen LogP contribution >= 0.6 is 0 Å². The van der Waals surface area contributed by atoms with Gasteiger partial charge in [0.25, 0.3) is 0 Å².